The van der Waals surface area contributed by atoms with Gasteiger partial charge in [-0.2, -0.15) is 0 Å². The summed E-state index contributed by atoms with van der Waals surface area (Å²) in [5.74, 6) is -2.29. The number of carbonyl (C=O) groups is 3. The number of halogens is 3. The van der Waals surface area contributed by atoms with Crippen LogP contribution in [0.4, 0.5) is 15.8 Å². The van der Waals surface area contributed by atoms with Crippen LogP contribution in [0.2, 0.25) is 5.02 Å². The zero-order valence-corrected chi connectivity index (χ0v) is 19.3. The zero-order chi connectivity index (χ0) is 24.4. The molecular weight excluding hydrogens is 482 g/mol. The number of ether oxygens (including phenoxy) is 1. The number of hydrogen-bond donors (Lipinski definition) is 1. The first-order chi connectivity index (χ1) is 16.3. The Kier molecular flexibility index (Phi) is 6.68. The van der Waals surface area contributed by atoms with E-state index in [0.717, 1.165) is 29.0 Å². The van der Waals surface area contributed by atoms with Crippen LogP contribution in [0.5, 0.6) is 5.75 Å². The van der Waals surface area contributed by atoms with Gasteiger partial charge in [-0.05, 0) is 66.6 Å². The van der Waals surface area contributed by atoms with Gasteiger partial charge in [-0.3, -0.25) is 9.59 Å². The Labute approximate surface area is 204 Å². The summed E-state index contributed by atoms with van der Waals surface area (Å²) in [4.78, 5) is 38.6. The Balaban J connectivity index is 1.47. The lowest BCUT2D eigenvalue weighted by molar-refractivity contribution is -0.120. The van der Waals surface area contributed by atoms with Gasteiger partial charge in [0.2, 0.25) is 0 Å². The van der Waals surface area contributed by atoms with Gasteiger partial charge in [-0.15, -0.1) is 0 Å². The summed E-state index contributed by atoms with van der Waals surface area (Å²) in [6, 6.07) is 16.8. The van der Waals surface area contributed by atoms with Crippen molar-refractivity contribution in [2.75, 3.05) is 10.2 Å². The van der Waals surface area contributed by atoms with E-state index in [-0.39, 0.29) is 21.4 Å². The predicted molar refractivity (Wildman–Crippen MR) is 128 cm³/mol. The van der Waals surface area contributed by atoms with E-state index in [2.05, 4.69) is 5.32 Å². The number of benzene rings is 3. The van der Waals surface area contributed by atoms with Crippen molar-refractivity contribution >= 4 is 52.4 Å². The summed E-state index contributed by atoms with van der Waals surface area (Å²) in [5, 5.41) is 2.24. The van der Waals surface area contributed by atoms with Gasteiger partial charge in [-0.25, -0.2) is 14.1 Å². The lowest BCUT2D eigenvalue weighted by Gasteiger charge is -2.15. The van der Waals surface area contributed by atoms with Gasteiger partial charge in [0.25, 0.3) is 11.8 Å². The molecule has 0 spiro atoms. The Hall–Kier alpha value is -3.68. The third kappa shape index (κ3) is 4.66. The maximum absolute atomic E-state index is 13.5. The average Bonchev–Trinajstić information content (AvgIpc) is 3.05. The standard InChI is InChI=1S/C25H17Cl2FN2O4/c1-2-14-3-10-18(11-4-14)34-25(33)15-5-7-16(8-6-15)29-22-21(27)23(31)30(24(22)32)17-9-12-20(28)19(26)13-17/h3-13,29H,2H2,1H3. The van der Waals surface area contributed by atoms with Crippen LogP contribution in [-0.4, -0.2) is 17.8 Å². The molecule has 0 saturated heterocycles. The van der Waals surface area contributed by atoms with Crippen LogP contribution in [0.15, 0.2) is 77.5 Å². The summed E-state index contributed by atoms with van der Waals surface area (Å²) in [5.41, 5.74) is 1.77. The number of imide groups is 1. The molecule has 0 aromatic heterocycles. The number of amides is 2. The number of hydrogen-bond acceptors (Lipinski definition) is 5. The molecule has 3 aromatic rings. The van der Waals surface area contributed by atoms with Crippen LogP contribution in [0.3, 0.4) is 0 Å². The van der Waals surface area contributed by atoms with Gasteiger partial charge in [0.05, 0.1) is 16.3 Å². The highest BCUT2D eigenvalue weighted by Gasteiger charge is 2.39. The van der Waals surface area contributed by atoms with Crippen molar-refractivity contribution < 1.29 is 23.5 Å². The molecule has 1 N–H and O–H groups in total. The summed E-state index contributed by atoms with van der Waals surface area (Å²) in [6.07, 6.45) is 0.882. The minimum absolute atomic E-state index is 0.0846. The summed E-state index contributed by atoms with van der Waals surface area (Å²) < 4.78 is 18.8. The van der Waals surface area contributed by atoms with Gasteiger partial charge in [-0.1, -0.05) is 42.3 Å². The van der Waals surface area contributed by atoms with E-state index in [9.17, 15) is 18.8 Å². The summed E-state index contributed by atoms with van der Waals surface area (Å²) >= 11 is 11.9. The van der Waals surface area contributed by atoms with E-state index >= 15 is 0 Å². The van der Waals surface area contributed by atoms with Crippen LogP contribution in [0, 0.1) is 5.82 Å². The van der Waals surface area contributed by atoms with Crippen LogP contribution >= 0.6 is 23.2 Å². The molecule has 34 heavy (non-hydrogen) atoms. The van der Waals surface area contributed by atoms with Crippen molar-refractivity contribution in [3.63, 3.8) is 0 Å². The predicted octanol–water partition coefficient (Wildman–Crippen LogP) is 5.70. The number of nitrogens with one attached hydrogen (secondary N) is 1. The molecule has 2 amide bonds. The van der Waals surface area contributed by atoms with Crippen LogP contribution < -0.4 is 15.0 Å². The lowest BCUT2D eigenvalue weighted by Crippen LogP contribution is -2.32. The molecule has 6 nitrogen and oxygen atoms in total. The minimum Gasteiger partial charge on any atom is -0.423 e. The van der Waals surface area contributed by atoms with Crippen molar-refractivity contribution in [2.45, 2.75) is 13.3 Å². The van der Waals surface area contributed by atoms with Crippen molar-refractivity contribution in [3.05, 3.63) is 99.4 Å². The normalized spacial score (nSPS) is 13.5. The second-order valence-corrected chi connectivity index (χ2v) is 8.11. The van der Waals surface area contributed by atoms with E-state index < -0.39 is 23.6 Å². The zero-order valence-electron chi connectivity index (χ0n) is 17.8. The first-order valence-corrected chi connectivity index (χ1v) is 11.0. The average molecular weight is 499 g/mol. The quantitative estimate of drug-likeness (QED) is 0.268. The second-order valence-electron chi connectivity index (χ2n) is 7.32. The molecular formula is C25H17Cl2FN2O4. The van der Waals surface area contributed by atoms with Gasteiger partial charge >= 0.3 is 5.97 Å². The van der Waals surface area contributed by atoms with Crippen LogP contribution in [-0.2, 0) is 16.0 Å². The first kappa shape index (κ1) is 23.5. The maximum Gasteiger partial charge on any atom is 0.343 e. The first-order valence-electron chi connectivity index (χ1n) is 10.2. The largest absolute Gasteiger partial charge is 0.423 e. The van der Waals surface area contributed by atoms with Crippen molar-refractivity contribution in [3.8, 4) is 5.75 Å². The van der Waals surface area contributed by atoms with Crippen LogP contribution in [0.25, 0.3) is 0 Å². The molecule has 172 valence electrons. The minimum atomic E-state index is -0.772. The van der Waals surface area contributed by atoms with E-state index in [1.165, 1.54) is 18.2 Å². The molecule has 0 unspecified atom stereocenters. The molecule has 4 rings (SSSR count). The van der Waals surface area contributed by atoms with Gasteiger partial charge in [0.1, 0.15) is 22.3 Å². The van der Waals surface area contributed by atoms with Crippen molar-refractivity contribution in [2.24, 2.45) is 0 Å². The number of aryl methyl sites for hydroxylation is 1. The maximum atomic E-state index is 13.5. The third-order valence-electron chi connectivity index (χ3n) is 5.12. The Morgan fingerprint density at radius 1 is 0.971 bits per heavy atom. The van der Waals surface area contributed by atoms with Crippen molar-refractivity contribution in [1.82, 2.24) is 0 Å². The summed E-state index contributed by atoms with van der Waals surface area (Å²) in [6.45, 7) is 2.03. The van der Waals surface area contributed by atoms with Crippen molar-refractivity contribution in [1.29, 1.82) is 0 Å². The smallest absolute Gasteiger partial charge is 0.343 e. The molecule has 0 radical (unpaired) electrons. The highest BCUT2D eigenvalue weighted by molar-refractivity contribution is 6.53. The fraction of sp³-hybridized carbons (Fsp3) is 0.0800. The molecule has 0 saturated carbocycles. The molecule has 1 heterocycles. The van der Waals surface area contributed by atoms with Gasteiger partial charge in [0.15, 0.2) is 0 Å². The fourth-order valence-corrected chi connectivity index (χ4v) is 3.65. The molecule has 1 aliphatic rings. The Morgan fingerprint density at radius 3 is 2.26 bits per heavy atom. The molecule has 3 aromatic carbocycles. The number of anilines is 2. The molecule has 0 atom stereocenters. The molecule has 0 bridgehead atoms. The van der Waals surface area contributed by atoms with E-state index in [1.54, 1.807) is 24.3 Å². The van der Waals surface area contributed by atoms with E-state index in [4.69, 9.17) is 27.9 Å². The van der Waals surface area contributed by atoms with E-state index in [0.29, 0.717) is 17.0 Å². The summed E-state index contributed by atoms with van der Waals surface area (Å²) in [7, 11) is 0. The van der Waals surface area contributed by atoms with Gasteiger partial charge < -0.3 is 10.1 Å². The highest BCUT2D eigenvalue weighted by Crippen LogP contribution is 2.32. The number of esters is 1. The number of carbonyl (C=O) groups excluding carboxylic acids is 3. The monoisotopic (exact) mass is 498 g/mol. The van der Waals surface area contributed by atoms with Crippen LogP contribution in [0.1, 0.15) is 22.8 Å². The SMILES string of the molecule is CCc1ccc(OC(=O)c2ccc(NC3=C(Cl)C(=O)N(c4ccc(F)c(Cl)c4)C3=O)cc2)cc1. The van der Waals surface area contributed by atoms with Gasteiger partial charge in [0, 0.05) is 5.69 Å². The highest BCUT2D eigenvalue weighted by atomic mass is 35.5. The molecule has 0 fully saturated rings. The topological polar surface area (TPSA) is 75.7 Å². The Morgan fingerprint density at radius 2 is 1.65 bits per heavy atom. The Bertz CT molecular complexity index is 1320. The molecule has 9 heteroatoms. The molecule has 1 aliphatic heterocycles. The second kappa shape index (κ2) is 9.67. The third-order valence-corrected chi connectivity index (χ3v) is 5.76. The lowest BCUT2D eigenvalue weighted by atomic mass is 10.1. The van der Waals surface area contributed by atoms with E-state index in [1.807, 2.05) is 19.1 Å². The number of nitrogens with zero attached hydrogens (tertiary/aromatic N) is 1. The molecule has 0 aliphatic carbocycles. The fourth-order valence-electron chi connectivity index (χ4n) is 3.26. The number of rotatable bonds is 6.